The minimum absolute atomic E-state index is 0.00148. The Morgan fingerprint density at radius 3 is 1.86 bits per heavy atom. The van der Waals surface area contributed by atoms with Gasteiger partial charge in [-0.1, -0.05) is 165 Å². The number of rotatable bonds is 8. The third-order valence-corrected chi connectivity index (χ3v) is 17.1. The van der Waals surface area contributed by atoms with Crippen molar-refractivity contribution in [2.24, 2.45) is 0 Å². The molecule has 0 N–H and O–H groups in total. The number of aryl methyl sites for hydroxylation is 3. The van der Waals surface area contributed by atoms with E-state index in [1.807, 2.05) is 31.2 Å². The first-order valence-corrected chi connectivity index (χ1v) is 28.8. The summed E-state index contributed by atoms with van der Waals surface area (Å²) in [6.45, 7) is 31.6. The third kappa shape index (κ3) is 8.61. The molecule has 11 aromatic rings. The van der Waals surface area contributed by atoms with Gasteiger partial charge in [-0.15, -0.1) is 0 Å². The van der Waals surface area contributed by atoms with E-state index in [-0.39, 0.29) is 17.5 Å². The van der Waals surface area contributed by atoms with Crippen LogP contribution in [0.3, 0.4) is 0 Å². The lowest BCUT2D eigenvalue weighted by Gasteiger charge is -2.45. The lowest BCUT2D eigenvalue weighted by Crippen LogP contribution is -2.61. The molecule has 0 saturated carbocycles. The molecule has 4 heterocycles. The van der Waals surface area contributed by atoms with Gasteiger partial charge in [0.15, 0.2) is 0 Å². The zero-order valence-corrected chi connectivity index (χ0v) is 48.9. The highest BCUT2D eigenvalue weighted by atomic mass is 16.3. The van der Waals surface area contributed by atoms with Crippen LogP contribution in [-0.4, -0.2) is 6.71 Å². The quantitative estimate of drug-likeness (QED) is 0.142. The number of anilines is 9. The smallest absolute Gasteiger partial charge is 0.252 e. The van der Waals surface area contributed by atoms with E-state index in [9.17, 15) is 0 Å². The standard InChI is InChI=1S/C75H70BN3O2/c1-14-15-22-68-49(7)58-35-33-57(44-70(58)80-68)79-64-42-52(74(8,9)10)28-36-62(64)76-63-37-34-56(77(54-29-24-50(25-30-54)45(2)3)72-47(5)40-53(41-48(72)6)75(11,12)13)43-65(63)78(66-38-46(4)39-67(79)71(66)76)55-31-26-51(27-32-55)59-20-18-21-61-60-19-16-17-23-69(60)81-73(59)61/h14-45H,7H2,1-6,8-13H3/b15-14-,68-22+. The van der Waals surface area contributed by atoms with E-state index in [0.717, 1.165) is 94.5 Å². The molecule has 0 amide bonds. The third-order valence-electron chi connectivity index (χ3n) is 17.1. The number of para-hydroxylation sites is 2. The van der Waals surface area contributed by atoms with Crippen LogP contribution in [0.2, 0.25) is 0 Å². The molecule has 0 spiro atoms. The van der Waals surface area contributed by atoms with Crippen LogP contribution in [-0.2, 0) is 10.8 Å². The minimum atomic E-state index is -0.0968. The second-order valence-electron chi connectivity index (χ2n) is 25.0. The second kappa shape index (κ2) is 19.2. The molecule has 0 radical (unpaired) electrons. The van der Waals surface area contributed by atoms with E-state index in [0.29, 0.717) is 5.92 Å². The Labute approximate surface area is 477 Å². The van der Waals surface area contributed by atoms with Crippen molar-refractivity contribution < 1.29 is 8.83 Å². The Bertz CT molecular complexity index is 4460. The molecule has 6 heteroatoms. The maximum atomic E-state index is 6.62. The predicted octanol–water partition coefficient (Wildman–Crippen LogP) is 18.0. The topological polar surface area (TPSA) is 36.0 Å². The van der Waals surface area contributed by atoms with E-state index in [2.05, 4.69) is 261 Å². The number of hydrogen-bond acceptors (Lipinski definition) is 5. The number of fused-ring (bicyclic) bond motifs is 8. The van der Waals surface area contributed by atoms with Crippen LogP contribution in [0.1, 0.15) is 102 Å². The number of benzene rings is 9. The molecule has 2 aromatic heterocycles. The first-order chi connectivity index (χ1) is 38.9. The molecular formula is C75H70BN3O2. The molecule has 0 fully saturated rings. The summed E-state index contributed by atoms with van der Waals surface area (Å²) in [7, 11) is 0. The van der Waals surface area contributed by atoms with Crippen LogP contribution < -0.4 is 41.7 Å². The molecule has 0 atom stereocenters. The fourth-order valence-corrected chi connectivity index (χ4v) is 12.8. The average Bonchev–Trinajstić information content (AvgIpc) is 3.56. The number of hydrogen-bond donors (Lipinski definition) is 0. The van der Waals surface area contributed by atoms with Gasteiger partial charge in [0.05, 0.1) is 5.69 Å². The van der Waals surface area contributed by atoms with Gasteiger partial charge in [0.1, 0.15) is 22.2 Å². The molecule has 81 heavy (non-hydrogen) atoms. The van der Waals surface area contributed by atoms with Crippen LogP contribution in [0.25, 0.3) is 56.7 Å². The predicted molar refractivity (Wildman–Crippen MR) is 347 cm³/mol. The van der Waals surface area contributed by atoms with Gasteiger partial charge < -0.3 is 23.5 Å². The maximum absolute atomic E-state index is 6.62. The first kappa shape index (κ1) is 51.7. The average molecular weight is 1060 g/mol. The summed E-state index contributed by atoms with van der Waals surface area (Å²) in [5.41, 5.74) is 26.9. The van der Waals surface area contributed by atoms with E-state index >= 15 is 0 Å². The molecule has 400 valence electrons. The zero-order valence-electron chi connectivity index (χ0n) is 48.9. The van der Waals surface area contributed by atoms with Crippen LogP contribution in [0.4, 0.5) is 51.2 Å². The molecule has 2 aliphatic rings. The maximum Gasteiger partial charge on any atom is 0.252 e. The Morgan fingerprint density at radius 2 is 1.19 bits per heavy atom. The Hall–Kier alpha value is -8.74. The lowest BCUT2D eigenvalue weighted by molar-refractivity contribution is 0.576. The summed E-state index contributed by atoms with van der Waals surface area (Å²) in [6, 6.07) is 64.0. The highest BCUT2D eigenvalue weighted by Crippen LogP contribution is 2.49. The van der Waals surface area contributed by atoms with Crippen molar-refractivity contribution >= 4 is 120 Å². The van der Waals surface area contributed by atoms with Crippen LogP contribution in [0, 0.1) is 20.8 Å². The summed E-state index contributed by atoms with van der Waals surface area (Å²) >= 11 is 0. The second-order valence-corrected chi connectivity index (χ2v) is 25.0. The normalized spacial score (nSPS) is 13.5. The number of allylic oxidation sites excluding steroid dienone is 2. The minimum Gasteiger partial charge on any atom is -0.456 e. The van der Waals surface area contributed by atoms with Gasteiger partial charge in [0.25, 0.3) is 6.71 Å². The van der Waals surface area contributed by atoms with Crippen LogP contribution in [0.15, 0.2) is 191 Å². The number of nitrogens with zero attached hydrogens (tertiary/aromatic N) is 3. The molecule has 0 unspecified atom stereocenters. The molecule has 0 bridgehead atoms. The van der Waals surface area contributed by atoms with E-state index in [1.165, 1.54) is 61.1 Å². The van der Waals surface area contributed by atoms with Crippen molar-refractivity contribution in [2.75, 3.05) is 14.7 Å². The van der Waals surface area contributed by atoms with Gasteiger partial charge >= 0.3 is 0 Å². The van der Waals surface area contributed by atoms with E-state index in [1.54, 1.807) is 0 Å². The SMILES string of the molecule is C=c1/c(=C\C=C/C)oc2cc(N3c4cc(C(C)(C)C)ccc4B4c5ccc(N(c6ccc(C(C)C)cc6)c6c(C)cc(C(C)(C)C)cc6C)cc5N(c5ccc(-c6cccc7c6oc6ccccc67)cc5)c5cc(C)cc3c54)ccc12. The van der Waals surface area contributed by atoms with Gasteiger partial charge in [0, 0.05) is 78.5 Å². The van der Waals surface area contributed by atoms with E-state index < -0.39 is 0 Å². The highest BCUT2D eigenvalue weighted by molar-refractivity contribution is 7.00. The molecule has 0 aliphatic carbocycles. The van der Waals surface area contributed by atoms with Crippen LogP contribution >= 0.6 is 0 Å². The van der Waals surface area contributed by atoms with Crippen molar-refractivity contribution in [3.63, 3.8) is 0 Å². The van der Waals surface area contributed by atoms with Gasteiger partial charge in [0.2, 0.25) is 0 Å². The summed E-state index contributed by atoms with van der Waals surface area (Å²) in [6.07, 6.45) is 6.03. The fraction of sp³-hybridized carbons (Fsp3) is 0.200. The van der Waals surface area contributed by atoms with Crippen molar-refractivity contribution in [3.8, 4) is 11.1 Å². The van der Waals surface area contributed by atoms with Crippen molar-refractivity contribution in [2.45, 2.75) is 99.8 Å². The zero-order chi connectivity index (χ0) is 56.4. The van der Waals surface area contributed by atoms with Gasteiger partial charge in [-0.25, -0.2) is 0 Å². The Morgan fingerprint density at radius 1 is 0.556 bits per heavy atom. The largest absolute Gasteiger partial charge is 0.456 e. The van der Waals surface area contributed by atoms with Crippen molar-refractivity contribution in [3.05, 3.63) is 226 Å². The monoisotopic (exact) mass is 1060 g/mol. The van der Waals surface area contributed by atoms with E-state index in [4.69, 9.17) is 8.83 Å². The Balaban J connectivity index is 1.07. The van der Waals surface area contributed by atoms with Crippen molar-refractivity contribution in [1.82, 2.24) is 0 Å². The molecule has 13 rings (SSSR count). The van der Waals surface area contributed by atoms with Gasteiger partial charge in [-0.3, -0.25) is 0 Å². The summed E-state index contributed by atoms with van der Waals surface area (Å²) in [4.78, 5) is 7.54. The molecule has 5 nitrogen and oxygen atoms in total. The summed E-state index contributed by atoms with van der Waals surface area (Å²) in [5.74, 6) is 0.411. The van der Waals surface area contributed by atoms with Gasteiger partial charge in [-0.05, 0) is 179 Å². The van der Waals surface area contributed by atoms with Crippen molar-refractivity contribution in [1.29, 1.82) is 0 Å². The number of furan rings is 2. The van der Waals surface area contributed by atoms with Crippen LogP contribution in [0.5, 0.6) is 0 Å². The molecule has 2 aliphatic heterocycles. The summed E-state index contributed by atoms with van der Waals surface area (Å²) in [5, 5.41) is 4.14. The molecular weight excluding hydrogens is 986 g/mol. The highest BCUT2D eigenvalue weighted by Gasteiger charge is 2.44. The summed E-state index contributed by atoms with van der Waals surface area (Å²) < 4.78 is 13.2. The fourth-order valence-electron chi connectivity index (χ4n) is 12.8. The van der Waals surface area contributed by atoms with Gasteiger partial charge in [-0.2, -0.15) is 0 Å². The molecule has 9 aromatic carbocycles. The molecule has 0 saturated heterocycles. The Kier molecular flexibility index (Phi) is 12.3. The lowest BCUT2D eigenvalue weighted by atomic mass is 9.33. The first-order valence-electron chi connectivity index (χ1n) is 28.8.